The van der Waals surface area contributed by atoms with E-state index in [9.17, 15) is 29.5 Å². The number of halogens is 6. The van der Waals surface area contributed by atoms with Crippen LogP contribution in [0.25, 0.3) is 52.2 Å². The van der Waals surface area contributed by atoms with Gasteiger partial charge in [0.15, 0.2) is 23.1 Å². The second-order valence-electron chi connectivity index (χ2n) is 41.2. The van der Waals surface area contributed by atoms with Crippen LogP contribution in [0.4, 0.5) is 0 Å². The van der Waals surface area contributed by atoms with Crippen LogP contribution in [-0.4, -0.2) is 64.1 Å². The van der Waals surface area contributed by atoms with Crippen molar-refractivity contribution in [1.82, 2.24) is 24.9 Å². The van der Waals surface area contributed by atoms with Crippen molar-refractivity contribution in [2.45, 2.75) is 190 Å². The third kappa shape index (κ3) is 22.7. The highest BCUT2D eigenvalue weighted by Gasteiger charge is 2.52. The number of pyridine rings is 5. The minimum Gasteiger partial charge on any atom is -0.411 e. The number of hydrogen-bond acceptors (Lipinski definition) is 19. The Balaban J connectivity index is 0.000000116. The number of benzene rings is 4. The van der Waals surface area contributed by atoms with E-state index in [1.807, 2.05) is 185 Å². The van der Waals surface area contributed by atoms with E-state index in [4.69, 9.17) is 46.4 Å². The third-order valence-electron chi connectivity index (χ3n) is 28.5. The highest BCUT2D eigenvalue weighted by Crippen LogP contribution is 2.59. The van der Waals surface area contributed by atoms with Crippen LogP contribution in [0.15, 0.2) is 275 Å². The van der Waals surface area contributed by atoms with E-state index in [1.54, 1.807) is 105 Å². The Hall–Kier alpha value is -9.24. The summed E-state index contributed by atoms with van der Waals surface area (Å²) in [6, 6.07) is 67.3. The Kier molecular flexibility index (Phi) is 31.9. The average molecular weight is 2220 g/mol. The Labute approximate surface area is 896 Å². The molecule has 12 heterocycles. The lowest BCUT2D eigenvalue weighted by Crippen LogP contribution is -2.46. The monoisotopic (exact) mass is 2220 g/mol. The fourth-order valence-electron chi connectivity index (χ4n) is 20.7. The molecule has 0 radical (unpaired) electrons. The van der Waals surface area contributed by atoms with E-state index in [-0.39, 0.29) is 50.1 Å². The van der Waals surface area contributed by atoms with Gasteiger partial charge in [-0.1, -0.05) is 183 Å². The SMILES string of the molecule is CC1(C)C/C(=N\O)c2sc(-c3ccncc3)cc2C1c1ccc(Cl)cc1.CC1(C)CC(=O)c2sc(-c3ccncc3)cc2C1c1ccc(Cl)cc1.CC1(C)CCc2sc(-c3ccncc3)cc2C1(O)c1ccc(Cl)cc1.CC1(C)CCc2sc(-c3ccncc3)cc2C1=O.CC1(C)CCc2sc(-c3ccncc3)cc2C1c1ccc(Cl)cc1.CC1(C)CCc2sc(Br)cc2C1=O.O=C1CCCc2sc(Br)cc21. The molecule has 2 N–H and O–H groups in total. The molecule has 4 unspecified atom stereocenters. The van der Waals surface area contributed by atoms with E-state index in [0.717, 1.165) is 168 Å². The predicted octanol–water partition coefficient (Wildman–Crippen LogP) is 35.3. The van der Waals surface area contributed by atoms with Crippen molar-refractivity contribution in [3.63, 3.8) is 0 Å². The maximum Gasteiger partial charge on any atom is 0.173 e. The van der Waals surface area contributed by atoms with Crippen LogP contribution in [0.3, 0.4) is 0 Å². The molecule has 23 rings (SSSR count). The van der Waals surface area contributed by atoms with Crippen molar-refractivity contribution < 1.29 is 29.5 Å². The Morgan fingerprint density at radius 3 is 1.13 bits per heavy atom. The minimum absolute atomic E-state index is 0.0705. The summed E-state index contributed by atoms with van der Waals surface area (Å²) in [5, 5.41) is 28.1. The predicted molar refractivity (Wildman–Crippen MR) is 600 cm³/mol. The molecule has 7 aliphatic rings. The number of carbonyl (C=O) groups excluding carboxylic acids is 4. The number of fused-ring (bicyclic) bond motifs is 7. The number of oxime groups is 1. The normalized spacial score (nSPS) is 19.4. The van der Waals surface area contributed by atoms with Gasteiger partial charge in [0.25, 0.3) is 0 Å². The van der Waals surface area contributed by atoms with Crippen LogP contribution in [0.1, 0.15) is 267 Å². The summed E-state index contributed by atoms with van der Waals surface area (Å²) >= 11 is 43.3. The lowest BCUT2D eigenvalue weighted by atomic mass is 9.62. The van der Waals surface area contributed by atoms with Crippen molar-refractivity contribution >= 4 is 186 Å². The number of carbonyl (C=O) groups is 4. The molecule has 12 aromatic heterocycles. The van der Waals surface area contributed by atoms with E-state index in [0.29, 0.717) is 34.7 Å². The first-order valence-electron chi connectivity index (χ1n) is 47.6. The molecule has 0 saturated carbocycles. The number of aryl methyl sites for hydroxylation is 5. The van der Waals surface area contributed by atoms with Gasteiger partial charge in [-0.25, -0.2) is 0 Å². The number of Topliss-reactive ketones (excluding diaryl/α,β-unsaturated/α-hetero) is 4. The highest BCUT2D eigenvalue weighted by atomic mass is 79.9. The van der Waals surface area contributed by atoms with Crippen LogP contribution >= 0.6 is 158 Å². The number of aliphatic hydroxyl groups is 1. The Morgan fingerprint density at radius 2 is 0.683 bits per heavy atom. The third-order valence-corrected chi connectivity index (χ3v) is 39.2. The van der Waals surface area contributed by atoms with Crippen molar-refractivity contribution in [2.75, 3.05) is 0 Å². The maximum absolute atomic E-state index is 12.8. The second-order valence-corrected chi connectivity index (χ2v) is 53.5. The Morgan fingerprint density at radius 1 is 0.338 bits per heavy atom. The highest BCUT2D eigenvalue weighted by molar-refractivity contribution is 9.11. The van der Waals surface area contributed by atoms with Gasteiger partial charge < -0.3 is 10.3 Å². The van der Waals surface area contributed by atoms with Gasteiger partial charge in [-0.2, -0.15) is 0 Å². The first-order valence-corrected chi connectivity index (χ1v) is 56.4. The standard InChI is InChI=1S/C21H19ClN2OS.C21H20ClNOS.C21H18ClNOS.C21H20ClNS.C15H15NOS.C10H11BrOS.C8H7BrOS/c1-21(2)12-17(24-25)20-16(19(21)14-3-5-15(22)6-4-14)11-18(26-20)13-7-9-23-10-8-13;1-20(2)10-7-18-17(13-19(25-18)14-8-11-23-12-9-14)21(20,24)15-3-5-16(22)6-4-15;1-21(2)12-17(24)20-16(19(21)14-3-5-15(22)6-4-14)11-18(25-20)13-7-9-23-10-8-13;1-21(2)10-7-18-17(20(21)15-3-5-16(22)6-4-15)13-19(24-18)14-8-11-23-12-9-14;1-15(2)6-3-12-11(14(15)17)9-13(18-12)10-4-7-16-8-5-10;1-10(2)4-3-7-6(9(10)12)5-8(11)13-7;9-8-4-5-6(10)2-1-3-7(5)11-8/h3-11,19,25H,12H2,1-2H3;3-6,8-9,11-13,24H,7,10H2,1-2H3;3-11,19H,12H2,1-2H3;3-6,8-9,11-13,20H,7,10H2,1-2H3;4-5,7-9H,3,6H2,1-2H3;5H,3-4H2,1-2H3;4H,1-3H2/b24-17+;;;;;;. The molecule has 0 bridgehead atoms. The topological polar surface area (TPSA) is 186 Å². The van der Waals surface area contributed by atoms with Crippen LogP contribution in [0, 0.1) is 32.5 Å². The second kappa shape index (κ2) is 43.4. The zero-order valence-corrected chi connectivity index (χ0v) is 93.0. The molecule has 0 aliphatic heterocycles. The van der Waals surface area contributed by atoms with Crippen LogP contribution in [0.2, 0.25) is 20.1 Å². The maximum atomic E-state index is 12.8. The van der Waals surface area contributed by atoms with Gasteiger partial charge in [0.1, 0.15) is 5.60 Å². The van der Waals surface area contributed by atoms with Crippen molar-refractivity contribution in [3.8, 4) is 52.2 Å². The van der Waals surface area contributed by atoms with Gasteiger partial charge >= 0.3 is 0 Å². The summed E-state index contributed by atoms with van der Waals surface area (Å²) in [6.07, 6.45) is 30.5. The number of rotatable bonds is 9. The van der Waals surface area contributed by atoms with E-state index in [2.05, 4.69) is 196 Å². The fraction of sp³-hybridized carbons (Fsp3) is 0.299. The van der Waals surface area contributed by atoms with Gasteiger partial charge in [0, 0.05) is 206 Å². The molecule has 142 heavy (non-hydrogen) atoms. The van der Waals surface area contributed by atoms with E-state index in [1.165, 1.54) is 85.2 Å². The Bertz CT molecular complexity index is 7270. The largest absolute Gasteiger partial charge is 0.411 e. The van der Waals surface area contributed by atoms with Gasteiger partial charge in [-0.15, -0.1) is 79.4 Å². The molecule has 12 nitrogen and oxygen atoms in total. The molecule has 0 fully saturated rings. The lowest BCUT2D eigenvalue weighted by molar-refractivity contribution is -0.0486. The van der Waals surface area contributed by atoms with Gasteiger partial charge in [-0.05, 0) is 331 Å². The molecule has 4 atom stereocenters. The van der Waals surface area contributed by atoms with Gasteiger partial charge in [-0.3, -0.25) is 44.1 Å². The molecule has 728 valence electrons. The number of thiophene rings is 7. The molecular weight excluding hydrogens is 2110 g/mol. The number of nitrogens with zero attached hydrogens (tertiary/aromatic N) is 6. The molecule has 4 aromatic carbocycles. The zero-order chi connectivity index (χ0) is 101. The zero-order valence-electron chi connectivity index (χ0n) is 81.1. The number of aromatic nitrogens is 5. The smallest absolute Gasteiger partial charge is 0.173 e. The molecule has 0 amide bonds. The average Bonchev–Trinajstić information content (AvgIpc) is 1.48. The summed E-state index contributed by atoms with van der Waals surface area (Å²) in [5.41, 5.74) is 17.4. The van der Waals surface area contributed by atoms with Crippen LogP contribution in [-0.2, 0) is 37.7 Å². The molecule has 25 heteroatoms. The fourth-order valence-corrected chi connectivity index (χ4v) is 30.6. The summed E-state index contributed by atoms with van der Waals surface area (Å²) in [7, 11) is 0. The number of hydrogen-bond donors (Lipinski definition) is 2. The molecular formula is C117H110Br2Cl4N6O6S7. The van der Waals surface area contributed by atoms with E-state index >= 15 is 0 Å². The molecule has 7 aliphatic carbocycles. The summed E-state index contributed by atoms with van der Waals surface area (Å²) in [6.45, 7) is 26.0. The lowest BCUT2D eigenvalue weighted by Gasteiger charge is -2.47. The number of ketones is 4. The van der Waals surface area contributed by atoms with Crippen molar-refractivity contribution in [3.05, 3.63) is 385 Å². The van der Waals surface area contributed by atoms with Crippen molar-refractivity contribution in [1.29, 1.82) is 0 Å². The quantitative estimate of drug-likeness (QED) is 0.103. The minimum atomic E-state index is -1.02. The summed E-state index contributed by atoms with van der Waals surface area (Å²) < 4.78 is 2.15. The first-order chi connectivity index (χ1) is 67.8. The van der Waals surface area contributed by atoms with Crippen molar-refractivity contribution in [2.24, 2.45) is 37.6 Å². The summed E-state index contributed by atoms with van der Waals surface area (Å²) in [5.74, 6) is 1.97. The van der Waals surface area contributed by atoms with E-state index < -0.39 is 5.60 Å². The molecule has 0 saturated heterocycles. The van der Waals surface area contributed by atoms with Gasteiger partial charge in [0.05, 0.1) is 23.0 Å². The molecule has 16 aromatic rings. The van der Waals surface area contributed by atoms with Crippen LogP contribution < -0.4 is 0 Å². The summed E-state index contributed by atoms with van der Waals surface area (Å²) in [4.78, 5) is 83.3. The first kappa shape index (κ1) is 104. The van der Waals surface area contributed by atoms with Crippen LogP contribution in [0.5, 0.6) is 0 Å². The van der Waals surface area contributed by atoms with Gasteiger partial charge in [0.2, 0.25) is 0 Å². The molecule has 0 spiro atoms.